The maximum absolute atomic E-state index is 13.0. The maximum Gasteiger partial charge on any atom is 0.344 e. The summed E-state index contributed by atoms with van der Waals surface area (Å²) in [6, 6.07) is 29.4. The lowest BCUT2D eigenvalue weighted by Crippen LogP contribution is -2.15. The van der Waals surface area contributed by atoms with E-state index >= 15 is 0 Å². The zero-order valence-electron chi connectivity index (χ0n) is 17.3. The van der Waals surface area contributed by atoms with Crippen molar-refractivity contribution >= 4 is 11.8 Å². The molecule has 0 aliphatic heterocycles. The van der Waals surface area contributed by atoms with Gasteiger partial charge in [-0.15, -0.1) is 0 Å². The zero-order chi connectivity index (χ0) is 21.5. The first-order valence-corrected chi connectivity index (χ1v) is 10.2. The molecular weight excluding hydrogens is 386 g/mol. The van der Waals surface area contributed by atoms with E-state index in [9.17, 15) is 4.79 Å². The molecule has 0 amide bonds. The van der Waals surface area contributed by atoms with Gasteiger partial charge < -0.3 is 10.1 Å². The van der Waals surface area contributed by atoms with Gasteiger partial charge in [0.25, 0.3) is 0 Å². The van der Waals surface area contributed by atoms with Gasteiger partial charge in [0, 0.05) is 17.7 Å². The summed E-state index contributed by atoms with van der Waals surface area (Å²) in [6.07, 6.45) is 0. The molecule has 3 aromatic carbocycles. The summed E-state index contributed by atoms with van der Waals surface area (Å²) in [6.45, 7) is 2.58. The van der Waals surface area contributed by atoms with Crippen molar-refractivity contribution in [2.24, 2.45) is 0 Å². The van der Waals surface area contributed by atoms with Gasteiger partial charge in [-0.3, -0.25) is 0 Å². The molecule has 0 spiro atoms. The van der Waals surface area contributed by atoms with Crippen LogP contribution in [0, 0.1) is 0 Å². The fourth-order valence-corrected chi connectivity index (χ4v) is 3.29. The van der Waals surface area contributed by atoms with Crippen LogP contribution in [-0.4, -0.2) is 22.5 Å². The molecule has 0 radical (unpaired) electrons. The smallest absolute Gasteiger partial charge is 0.344 e. The highest BCUT2D eigenvalue weighted by Crippen LogP contribution is 2.30. The number of nitrogens with zero attached hydrogens (tertiary/aromatic N) is 2. The number of hydrogen-bond donors (Lipinski definition) is 1. The molecule has 31 heavy (non-hydrogen) atoms. The monoisotopic (exact) mass is 409 g/mol. The van der Waals surface area contributed by atoms with E-state index in [1.54, 1.807) is 6.92 Å². The molecule has 1 N–H and O–H groups in total. The summed E-state index contributed by atoms with van der Waals surface area (Å²) in [7, 11) is 0. The van der Waals surface area contributed by atoms with Crippen LogP contribution in [0.25, 0.3) is 22.6 Å². The molecule has 0 fully saturated rings. The topological polar surface area (TPSA) is 64.1 Å². The summed E-state index contributed by atoms with van der Waals surface area (Å²) in [5.41, 5.74) is 3.66. The largest absolute Gasteiger partial charge is 0.462 e. The van der Waals surface area contributed by atoms with Crippen LogP contribution in [-0.2, 0) is 11.3 Å². The predicted octanol–water partition coefficient (Wildman–Crippen LogP) is 5.60. The molecule has 0 saturated carbocycles. The van der Waals surface area contributed by atoms with E-state index in [1.807, 2.05) is 91.0 Å². The molecule has 0 unspecified atom stereocenters. The second-order valence-corrected chi connectivity index (χ2v) is 6.91. The molecule has 4 rings (SSSR count). The van der Waals surface area contributed by atoms with Crippen molar-refractivity contribution in [3.8, 4) is 22.6 Å². The first-order valence-electron chi connectivity index (χ1n) is 10.2. The summed E-state index contributed by atoms with van der Waals surface area (Å²) in [5, 5.41) is 3.34. The normalized spacial score (nSPS) is 10.5. The number of nitrogens with one attached hydrogen (secondary N) is 1. The van der Waals surface area contributed by atoms with E-state index < -0.39 is 5.97 Å². The molecule has 1 aromatic heterocycles. The Morgan fingerprint density at radius 3 is 2.00 bits per heavy atom. The van der Waals surface area contributed by atoms with Crippen molar-refractivity contribution in [3.05, 3.63) is 102 Å². The lowest BCUT2D eigenvalue weighted by atomic mass is 10.0. The van der Waals surface area contributed by atoms with E-state index in [0.717, 1.165) is 16.7 Å². The van der Waals surface area contributed by atoms with Crippen molar-refractivity contribution in [3.63, 3.8) is 0 Å². The molecular formula is C26H23N3O2. The minimum absolute atomic E-state index is 0.269. The highest BCUT2D eigenvalue weighted by Gasteiger charge is 2.23. The number of rotatable bonds is 7. The van der Waals surface area contributed by atoms with Crippen molar-refractivity contribution in [2.75, 3.05) is 11.9 Å². The standard InChI is InChI=1S/C26H23N3O2/c1-2-31-26(30)22-23(20-14-8-4-9-15-20)28-24(21-16-10-5-11-17-21)29-25(22)27-18-19-12-6-3-7-13-19/h3-17H,2,18H2,1H3,(H,27,28,29). The SMILES string of the molecule is CCOC(=O)c1c(NCc2ccccc2)nc(-c2ccccc2)nc1-c1ccccc1. The van der Waals surface area contributed by atoms with Crippen LogP contribution < -0.4 is 5.32 Å². The second kappa shape index (κ2) is 9.67. The highest BCUT2D eigenvalue weighted by molar-refractivity contribution is 6.01. The summed E-state index contributed by atoms with van der Waals surface area (Å²) in [5.74, 6) is 0.551. The van der Waals surface area contributed by atoms with Crippen LogP contribution in [0.5, 0.6) is 0 Å². The molecule has 0 saturated heterocycles. The van der Waals surface area contributed by atoms with Gasteiger partial charge in [0.1, 0.15) is 11.4 Å². The molecule has 0 aliphatic carbocycles. The van der Waals surface area contributed by atoms with Crippen molar-refractivity contribution in [1.29, 1.82) is 0 Å². The Morgan fingerprint density at radius 2 is 1.39 bits per heavy atom. The average Bonchev–Trinajstić information content (AvgIpc) is 2.84. The molecule has 1 heterocycles. The Labute approximate surface area is 181 Å². The van der Waals surface area contributed by atoms with E-state index in [-0.39, 0.29) is 6.61 Å². The van der Waals surface area contributed by atoms with Gasteiger partial charge in [-0.25, -0.2) is 14.8 Å². The van der Waals surface area contributed by atoms with Gasteiger partial charge >= 0.3 is 5.97 Å². The molecule has 0 bridgehead atoms. The number of anilines is 1. The third kappa shape index (κ3) is 4.78. The van der Waals surface area contributed by atoms with E-state index in [4.69, 9.17) is 14.7 Å². The Kier molecular flexibility index (Phi) is 6.33. The van der Waals surface area contributed by atoms with Crippen molar-refractivity contribution in [2.45, 2.75) is 13.5 Å². The van der Waals surface area contributed by atoms with E-state index in [1.165, 1.54) is 0 Å². The van der Waals surface area contributed by atoms with Crippen LogP contribution in [0.2, 0.25) is 0 Å². The number of esters is 1. The summed E-state index contributed by atoms with van der Waals surface area (Å²) < 4.78 is 5.37. The Hall–Kier alpha value is -3.99. The van der Waals surface area contributed by atoms with E-state index in [2.05, 4.69) is 5.32 Å². The lowest BCUT2D eigenvalue weighted by Gasteiger charge is -2.16. The quantitative estimate of drug-likeness (QED) is 0.403. The molecule has 5 heteroatoms. The number of carbonyl (C=O) groups is 1. The Bertz CT molecular complexity index is 1150. The first-order chi connectivity index (χ1) is 15.3. The first kappa shape index (κ1) is 20.3. The van der Waals surface area contributed by atoms with Gasteiger partial charge in [-0.05, 0) is 12.5 Å². The van der Waals surface area contributed by atoms with Crippen molar-refractivity contribution in [1.82, 2.24) is 9.97 Å². The third-order valence-electron chi connectivity index (χ3n) is 4.77. The minimum Gasteiger partial charge on any atom is -0.462 e. The number of carbonyl (C=O) groups excluding carboxylic acids is 1. The Balaban J connectivity index is 1.87. The number of aromatic nitrogens is 2. The van der Waals surface area contributed by atoms with Gasteiger partial charge in [-0.2, -0.15) is 0 Å². The van der Waals surface area contributed by atoms with Crippen LogP contribution in [0.15, 0.2) is 91.0 Å². The number of ether oxygens (including phenoxy) is 1. The van der Waals surface area contributed by atoms with Crippen LogP contribution in [0.4, 0.5) is 5.82 Å². The van der Waals surface area contributed by atoms with Crippen LogP contribution in [0.1, 0.15) is 22.8 Å². The molecule has 5 nitrogen and oxygen atoms in total. The van der Waals surface area contributed by atoms with Gasteiger partial charge in [0.15, 0.2) is 5.82 Å². The van der Waals surface area contributed by atoms with Crippen LogP contribution >= 0.6 is 0 Å². The molecule has 4 aromatic rings. The fourth-order valence-electron chi connectivity index (χ4n) is 3.29. The van der Waals surface area contributed by atoms with E-state index in [0.29, 0.717) is 29.4 Å². The average molecular weight is 409 g/mol. The van der Waals surface area contributed by atoms with Crippen LogP contribution in [0.3, 0.4) is 0 Å². The molecule has 0 aliphatic rings. The minimum atomic E-state index is -0.448. The Morgan fingerprint density at radius 1 is 0.806 bits per heavy atom. The predicted molar refractivity (Wildman–Crippen MR) is 123 cm³/mol. The van der Waals surface area contributed by atoms with Gasteiger partial charge in [0.05, 0.1) is 12.3 Å². The fraction of sp³-hybridized carbons (Fsp3) is 0.115. The lowest BCUT2D eigenvalue weighted by molar-refractivity contribution is 0.0527. The number of hydrogen-bond acceptors (Lipinski definition) is 5. The molecule has 154 valence electrons. The summed E-state index contributed by atoms with van der Waals surface area (Å²) in [4.78, 5) is 22.5. The highest BCUT2D eigenvalue weighted by atomic mass is 16.5. The maximum atomic E-state index is 13.0. The number of benzene rings is 3. The molecule has 0 atom stereocenters. The van der Waals surface area contributed by atoms with Gasteiger partial charge in [0.2, 0.25) is 0 Å². The third-order valence-corrected chi connectivity index (χ3v) is 4.77. The van der Waals surface area contributed by atoms with Crippen molar-refractivity contribution < 1.29 is 9.53 Å². The zero-order valence-corrected chi connectivity index (χ0v) is 17.3. The van der Waals surface area contributed by atoms with Gasteiger partial charge in [-0.1, -0.05) is 91.0 Å². The second-order valence-electron chi connectivity index (χ2n) is 6.91. The summed E-state index contributed by atoms with van der Waals surface area (Å²) >= 11 is 0.